The predicted molar refractivity (Wildman–Crippen MR) is 100 cm³/mol. The molecule has 0 unspecified atom stereocenters. The normalized spacial score (nSPS) is 11.4. The number of nitrogens with one attached hydrogen (secondary N) is 3. The first kappa shape index (κ1) is 18.3. The summed E-state index contributed by atoms with van der Waals surface area (Å²) >= 11 is 0. The first-order valence-electron chi connectivity index (χ1n) is 7.98. The van der Waals surface area contributed by atoms with Crippen molar-refractivity contribution in [1.29, 1.82) is 0 Å². The number of amides is 2. The first-order chi connectivity index (χ1) is 11.9. The topological polar surface area (TPSA) is 79.5 Å². The minimum Gasteiger partial charge on any atom is -0.495 e. The van der Waals surface area contributed by atoms with Crippen LogP contribution in [0, 0.1) is 6.92 Å². The summed E-state index contributed by atoms with van der Waals surface area (Å²) in [5.41, 5.74) is 3.07. The first-order valence-corrected chi connectivity index (χ1v) is 7.98. The fraction of sp³-hybridized carbons (Fsp3) is 0.263. The number of hydrogen-bond donors (Lipinski definition) is 3. The van der Waals surface area contributed by atoms with Crippen LogP contribution in [0.25, 0.3) is 0 Å². The van der Waals surface area contributed by atoms with Crippen LogP contribution in [0.5, 0.6) is 5.75 Å². The lowest BCUT2D eigenvalue weighted by molar-refractivity contribution is -0.116. The van der Waals surface area contributed by atoms with E-state index in [0.717, 1.165) is 11.3 Å². The van der Waals surface area contributed by atoms with Gasteiger partial charge in [-0.1, -0.05) is 12.1 Å². The Labute approximate surface area is 147 Å². The van der Waals surface area contributed by atoms with Gasteiger partial charge in [0.15, 0.2) is 0 Å². The van der Waals surface area contributed by atoms with E-state index in [2.05, 4.69) is 16.0 Å². The van der Waals surface area contributed by atoms with Crippen molar-refractivity contribution in [2.45, 2.75) is 26.8 Å². The number of methoxy groups -OCH3 is 1. The molecule has 0 fully saturated rings. The minimum absolute atomic E-state index is 0.183. The van der Waals surface area contributed by atoms with E-state index in [1.807, 2.05) is 31.2 Å². The van der Waals surface area contributed by atoms with Gasteiger partial charge in [0.2, 0.25) is 11.8 Å². The van der Waals surface area contributed by atoms with Crippen LogP contribution in [0.3, 0.4) is 0 Å². The second-order valence-electron chi connectivity index (χ2n) is 5.82. The van der Waals surface area contributed by atoms with Crippen molar-refractivity contribution < 1.29 is 14.3 Å². The van der Waals surface area contributed by atoms with Crippen LogP contribution in [0.2, 0.25) is 0 Å². The van der Waals surface area contributed by atoms with Gasteiger partial charge in [-0.3, -0.25) is 9.59 Å². The largest absolute Gasteiger partial charge is 0.495 e. The zero-order valence-corrected chi connectivity index (χ0v) is 14.8. The maximum absolute atomic E-state index is 12.5. The summed E-state index contributed by atoms with van der Waals surface area (Å²) in [6, 6.07) is 12.4. The van der Waals surface area contributed by atoms with Crippen molar-refractivity contribution in [2.75, 3.05) is 23.1 Å². The molecule has 2 aromatic rings. The summed E-state index contributed by atoms with van der Waals surface area (Å²) < 4.78 is 5.27. The molecule has 0 spiro atoms. The summed E-state index contributed by atoms with van der Waals surface area (Å²) in [5.74, 6) is 0.127. The van der Waals surface area contributed by atoms with Crippen LogP contribution in [0.1, 0.15) is 19.4 Å². The number of benzene rings is 2. The lowest BCUT2D eigenvalue weighted by atomic mass is 10.2. The maximum Gasteiger partial charge on any atom is 0.246 e. The second-order valence-corrected chi connectivity index (χ2v) is 5.82. The van der Waals surface area contributed by atoms with Gasteiger partial charge < -0.3 is 20.7 Å². The Kier molecular flexibility index (Phi) is 6.00. The molecule has 0 aliphatic heterocycles. The zero-order chi connectivity index (χ0) is 18.4. The third-order valence-corrected chi connectivity index (χ3v) is 3.57. The van der Waals surface area contributed by atoms with Crippen molar-refractivity contribution >= 4 is 28.9 Å². The summed E-state index contributed by atoms with van der Waals surface area (Å²) in [4.78, 5) is 23.7. The Bertz CT molecular complexity index is 774. The molecule has 0 saturated carbocycles. The minimum atomic E-state index is -0.448. The Morgan fingerprint density at radius 2 is 1.80 bits per heavy atom. The number of anilines is 3. The molecule has 3 N–H and O–H groups in total. The molecule has 0 aromatic heterocycles. The Hall–Kier alpha value is -3.02. The summed E-state index contributed by atoms with van der Waals surface area (Å²) in [5, 5.41) is 8.68. The lowest BCUT2D eigenvalue weighted by Gasteiger charge is -2.17. The van der Waals surface area contributed by atoms with E-state index < -0.39 is 6.04 Å². The van der Waals surface area contributed by atoms with E-state index >= 15 is 0 Å². The highest BCUT2D eigenvalue weighted by Gasteiger charge is 2.15. The number of rotatable bonds is 6. The molecule has 132 valence electrons. The molecule has 0 aliphatic carbocycles. The lowest BCUT2D eigenvalue weighted by Crippen LogP contribution is -2.32. The van der Waals surface area contributed by atoms with Crippen LogP contribution >= 0.6 is 0 Å². The van der Waals surface area contributed by atoms with Crippen molar-refractivity contribution in [3.05, 3.63) is 48.0 Å². The number of carbonyl (C=O) groups is 2. The van der Waals surface area contributed by atoms with E-state index in [1.54, 1.807) is 25.1 Å². The molecule has 2 amide bonds. The quantitative estimate of drug-likeness (QED) is 0.752. The van der Waals surface area contributed by atoms with E-state index in [4.69, 9.17) is 4.74 Å². The van der Waals surface area contributed by atoms with Crippen LogP contribution in [-0.4, -0.2) is 25.0 Å². The van der Waals surface area contributed by atoms with Gasteiger partial charge in [0.25, 0.3) is 0 Å². The van der Waals surface area contributed by atoms with Gasteiger partial charge in [-0.15, -0.1) is 0 Å². The molecule has 2 aromatic carbocycles. The Balaban J connectivity index is 2.11. The second kappa shape index (κ2) is 8.19. The van der Waals surface area contributed by atoms with E-state index in [0.29, 0.717) is 17.1 Å². The van der Waals surface area contributed by atoms with Crippen molar-refractivity contribution in [3.8, 4) is 5.75 Å². The highest BCUT2D eigenvalue weighted by atomic mass is 16.5. The number of aryl methyl sites for hydroxylation is 1. The van der Waals surface area contributed by atoms with Crippen LogP contribution < -0.4 is 20.7 Å². The third kappa shape index (κ3) is 5.24. The molecular weight excluding hydrogens is 318 g/mol. The SMILES string of the molecule is COc1ccc(NC(C)=O)cc1NC(=O)[C@H](C)Nc1cccc(C)c1. The van der Waals surface area contributed by atoms with Gasteiger partial charge in [-0.05, 0) is 49.7 Å². The van der Waals surface area contributed by atoms with Crippen LogP contribution in [-0.2, 0) is 9.59 Å². The maximum atomic E-state index is 12.5. The monoisotopic (exact) mass is 341 g/mol. The van der Waals surface area contributed by atoms with Crippen molar-refractivity contribution in [1.82, 2.24) is 0 Å². The number of hydrogen-bond acceptors (Lipinski definition) is 4. The van der Waals surface area contributed by atoms with Crippen molar-refractivity contribution in [2.24, 2.45) is 0 Å². The van der Waals surface area contributed by atoms with E-state index in [1.165, 1.54) is 14.0 Å². The van der Waals surface area contributed by atoms with Gasteiger partial charge in [0.1, 0.15) is 11.8 Å². The fourth-order valence-electron chi connectivity index (χ4n) is 2.38. The summed E-state index contributed by atoms with van der Waals surface area (Å²) in [7, 11) is 1.53. The number of carbonyl (C=O) groups excluding carboxylic acids is 2. The molecule has 6 heteroatoms. The highest BCUT2D eigenvalue weighted by Crippen LogP contribution is 2.28. The third-order valence-electron chi connectivity index (χ3n) is 3.57. The molecule has 0 saturated heterocycles. The number of ether oxygens (including phenoxy) is 1. The van der Waals surface area contributed by atoms with Gasteiger partial charge in [-0.25, -0.2) is 0 Å². The van der Waals surface area contributed by atoms with Crippen molar-refractivity contribution in [3.63, 3.8) is 0 Å². The average molecular weight is 341 g/mol. The Morgan fingerprint density at radius 3 is 2.44 bits per heavy atom. The summed E-state index contributed by atoms with van der Waals surface area (Å²) in [6.07, 6.45) is 0. The van der Waals surface area contributed by atoms with Gasteiger partial charge in [0.05, 0.1) is 12.8 Å². The predicted octanol–water partition coefficient (Wildman–Crippen LogP) is 3.40. The molecule has 2 rings (SSSR count). The van der Waals surface area contributed by atoms with Gasteiger partial charge in [-0.2, -0.15) is 0 Å². The molecule has 0 radical (unpaired) electrons. The average Bonchev–Trinajstić information content (AvgIpc) is 2.54. The molecule has 0 bridgehead atoms. The molecule has 6 nitrogen and oxygen atoms in total. The standard InChI is InChI=1S/C19H23N3O3/c1-12-6-5-7-15(10-12)20-13(2)19(24)22-17-11-16(21-14(3)23)8-9-18(17)25-4/h5-11,13,20H,1-4H3,(H,21,23)(H,22,24)/t13-/m0/s1. The van der Waals surface area contributed by atoms with Crippen LogP contribution in [0.15, 0.2) is 42.5 Å². The zero-order valence-electron chi connectivity index (χ0n) is 14.8. The summed E-state index contributed by atoms with van der Waals surface area (Å²) in [6.45, 7) is 5.20. The Morgan fingerprint density at radius 1 is 1.04 bits per heavy atom. The molecule has 0 heterocycles. The van der Waals surface area contributed by atoms with Gasteiger partial charge >= 0.3 is 0 Å². The molecule has 25 heavy (non-hydrogen) atoms. The molecule has 1 atom stereocenters. The van der Waals surface area contributed by atoms with E-state index in [-0.39, 0.29) is 11.8 Å². The fourth-order valence-corrected chi connectivity index (χ4v) is 2.38. The van der Waals surface area contributed by atoms with E-state index in [9.17, 15) is 9.59 Å². The molecule has 0 aliphatic rings. The van der Waals surface area contributed by atoms with Crippen LogP contribution in [0.4, 0.5) is 17.1 Å². The highest BCUT2D eigenvalue weighted by molar-refractivity contribution is 5.98. The molecular formula is C19H23N3O3. The smallest absolute Gasteiger partial charge is 0.246 e. The van der Waals surface area contributed by atoms with Gasteiger partial charge in [0, 0.05) is 18.3 Å².